The number of hydrogen-bond acceptors (Lipinski definition) is 1. The van der Waals surface area contributed by atoms with E-state index in [-0.39, 0.29) is 0 Å². The molecule has 5 unspecified atom stereocenters. The minimum atomic E-state index is 0.512. The van der Waals surface area contributed by atoms with Gasteiger partial charge in [-0.3, -0.25) is 0 Å². The molecule has 0 heterocycles. The predicted octanol–water partition coefficient (Wildman–Crippen LogP) is 7.71. The van der Waals surface area contributed by atoms with Crippen molar-refractivity contribution in [3.8, 4) is 0 Å². The maximum atomic E-state index is 4.74. The van der Waals surface area contributed by atoms with Crippen LogP contribution in [0.3, 0.4) is 0 Å². The normalized spacial score (nSPS) is 52.5. The number of benzene rings is 1. The summed E-state index contributed by atoms with van der Waals surface area (Å²) in [4.78, 5) is 0. The van der Waals surface area contributed by atoms with Gasteiger partial charge in [-0.1, -0.05) is 49.6 Å². The molecule has 0 aromatic heterocycles. The van der Waals surface area contributed by atoms with E-state index in [0.717, 1.165) is 53.4 Å². The molecule has 9 aliphatic rings. The van der Waals surface area contributed by atoms with Gasteiger partial charge in [0.1, 0.15) is 0 Å². The SMILES string of the molecule is c1ccc(C2C3CC4CC(C3)[C@H](NC35CC6CC(CC(C6)C3)C5)C2(C2CCCCC2)C4)cc1. The maximum absolute atomic E-state index is 4.74. The zero-order chi connectivity index (χ0) is 21.6. The quantitative estimate of drug-likeness (QED) is 0.502. The molecular weight excluding hydrogens is 398 g/mol. The highest BCUT2D eigenvalue weighted by Crippen LogP contribution is 2.70. The van der Waals surface area contributed by atoms with E-state index in [1.54, 1.807) is 37.7 Å². The second-order valence-electron chi connectivity index (χ2n) is 14.5. The van der Waals surface area contributed by atoms with E-state index >= 15 is 0 Å². The van der Waals surface area contributed by atoms with Crippen LogP contribution in [-0.2, 0) is 0 Å². The van der Waals surface area contributed by atoms with Crippen LogP contribution in [0.5, 0.6) is 0 Å². The number of hydrogen-bond donors (Lipinski definition) is 1. The smallest absolute Gasteiger partial charge is 0.0192 e. The van der Waals surface area contributed by atoms with Crippen molar-refractivity contribution < 1.29 is 0 Å². The second-order valence-corrected chi connectivity index (χ2v) is 14.5. The van der Waals surface area contributed by atoms with Crippen LogP contribution >= 0.6 is 0 Å². The van der Waals surface area contributed by atoms with Crippen molar-refractivity contribution in [2.75, 3.05) is 0 Å². The minimum Gasteiger partial charge on any atom is -0.308 e. The van der Waals surface area contributed by atoms with Gasteiger partial charge in [0.05, 0.1) is 0 Å². The van der Waals surface area contributed by atoms with Crippen molar-refractivity contribution >= 4 is 0 Å². The Morgan fingerprint density at radius 3 is 1.97 bits per heavy atom. The third-order valence-electron chi connectivity index (χ3n) is 12.6. The summed E-state index contributed by atoms with van der Waals surface area (Å²) in [6.45, 7) is 0. The second kappa shape index (κ2) is 7.35. The molecule has 6 atom stereocenters. The Bertz CT molecular complexity index is 848. The summed E-state index contributed by atoms with van der Waals surface area (Å²) in [6, 6.07) is 12.8. The van der Waals surface area contributed by atoms with E-state index in [2.05, 4.69) is 30.3 Å². The van der Waals surface area contributed by atoms with Gasteiger partial charge in [-0.05, 0) is 135 Å². The average Bonchev–Trinajstić information content (AvgIpc) is 2.81. The molecule has 1 nitrogen and oxygen atoms in total. The van der Waals surface area contributed by atoms with Crippen LogP contribution in [-0.4, -0.2) is 11.6 Å². The Kier molecular flexibility index (Phi) is 4.54. The Hall–Kier alpha value is -0.820. The molecule has 33 heavy (non-hydrogen) atoms. The molecule has 1 heteroatoms. The minimum absolute atomic E-state index is 0.512. The topological polar surface area (TPSA) is 12.0 Å². The van der Waals surface area contributed by atoms with Crippen molar-refractivity contribution in [1.29, 1.82) is 0 Å². The molecule has 1 N–H and O–H groups in total. The molecule has 0 aliphatic heterocycles. The lowest BCUT2D eigenvalue weighted by molar-refractivity contribution is -0.159. The van der Waals surface area contributed by atoms with Crippen molar-refractivity contribution in [2.45, 2.75) is 114 Å². The van der Waals surface area contributed by atoms with E-state index in [4.69, 9.17) is 5.32 Å². The molecule has 178 valence electrons. The van der Waals surface area contributed by atoms with Crippen LogP contribution in [0.1, 0.15) is 108 Å². The van der Waals surface area contributed by atoms with Gasteiger partial charge in [-0.25, -0.2) is 0 Å². The van der Waals surface area contributed by atoms with Crippen LogP contribution in [0.4, 0.5) is 0 Å². The van der Waals surface area contributed by atoms with E-state index in [0.29, 0.717) is 11.0 Å². The molecule has 9 saturated carbocycles. The van der Waals surface area contributed by atoms with Crippen molar-refractivity contribution in [3.63, 3.8) is 0 Å². The van der Waals surface area contributed by atoms with Gasteiger partial charge in [-0.2, -0.15) is 0 Å². The highest BCUT2D eigenvalue weighted by molar-refractivity contribution is 5.31. The summed E-state index contributed by atoms with van der Waals surface area (Å²) < 4.78 is 0. The third-order valence-corrected chi connectivity index (χ3v) is 12.6. The molecule has 10 rings (SSSR count). The van der Waals surface area contributed by atoms with Gasteiger partial charge in [-0.15, -0.1) is 0 Å². The Labute approximate surface area is 201 Å². The van der Waals surface area contributed by atoms with Crippen LogP contribution in [0.25, 0.3) is 0 Å². The standard InChI is InChI=1S/C32H45N/c1-3-7-25(8-4-1)29-26-14-24-15-27(16-26)30(32(29,20-24)28-9-5-2-6-10-28)33-31-17-21-11-22(18-31)13-23(12-21)19-31/h1,3-4,7-8,21-24,26-30,33H,2,5-6,9-20H2/t21?,22?,23?,24?,26?,27?,29?,30-,31?,32?/m0/s1. The lowest BCUT2D eigenvalue weighted by atomic mass is 9.38. The van der Waals surface area contributed by atoms with Crippen molar-refractivity contribution in [3.05, 3.63) is 35.9 Å². The fourth-order valence-corrected chi connectivity index (χ4v) is 12.5. The molecular formula is C32H45N. The summed E-state index contributed by atoms with van der Waals surface area (Å²) in [7, 11) is 0. The summed E-state index contributed by atoms with van der Waals surface area (Å²) in [5.41, 5.74) is 2.77. The largest absolute Gasteiger partial charge is 0.308 e. The highest BCUT2D eigenvalue weighted by atomic mass is 15.1. The van der Waals surface area contributed by atoms with Crippen LogP contribution in [0.2, 0.25) is 0 Å². The maximum Gasteiger partial charge on any atom is 0.0192 e. The van der Waals surface area contributed by atoms with E-state index < -0.39 is 0 Å². The predicted molar refractivity (Wildman–Crippen MR) is 135 cm³/mol. The monoisotopic (exact) mass is 443 g/mol. The fourth-order valence-electron chi connectivity index (χ4n) is 12.5. The Morgan fingerprint density at radius 1 is 0.636 bits per heavy atom. The molecule has 0 radical (unpaired) electrons. The van der Waals surface area contributed by atoms with Gasteiger partial charge < -0.3 is 5.32 Å². The molecule has 0 saturated heterocycles. The first-order valence-corrected chi connectivity index (χ1v) is 15.0. The zero-order valence-electron chi connectivity index (χ0n) is 20.7. The highest BCUT2D eigenvalue weighted by Gasteiger charge is 2.66. The first-order chi connectivity index (χ1) is 16.2. The van der Waals surface area contributed by atoms with Gasteiger partial charge in [0.15, 0.2) is 0 Å². The summed E-state index contributed by atoms with van der Waals surface area (Å²) in [5, 5.41) is 4.74. The van der Waals surface area contributed by atoms with Gasteiger partial charge in [0.25, 0.3) is 0 Å². The summed E-state index contributed by atoms with van der Waals surface area (Å²) in [6.07, 6.45) is 23.0. The van der Waals surface area contributed by atoms with E-state index in [1.165, 1.54) is 64.2 Å². The van der Waals surface area contributed by atoms with Gasteiger partial charge in [0.2, 0.25) is 0 Å². The molecule has 1 aromatic carbocycles. The van der Waals surface area contributed by atoms with Gasteiger partial charge in [0, 0.05) is 11.6 Å². The Balaban J connectivity index is 1.23. The third kappa shape index (κ3) is 2.99. The van der Waals surface area contributed by atoms with E-state index in [9.17, 15) is 0 Å². The molecule has 9 fully saturated rings. The lowest BCUT2D eigenvalue weighted by Crippen LogP contribution is -2.72. The average molecular weight is 444 g/mol. The zero-order valence-corrected chi connectivity index (χ0v) is 20.7. The molecule has 8 bridgehead atoms. The first kappa shape index (κ1) is 20.4. The van der Waals surface area contributed by atoms with Crippen molar-refractivity contribution in [2.24, 2.45) is 46.8 Å². The molecule has 0 amide bonds. The molecule has 1 aromatic rings. The lowest BCUT2D eigenvalue weighted by Gasteiger charge is -2.70. The van der Waals surface area contributed by atoms with Crippen molar-refractivity contribution in [1.82, 2.24) is 5.32 Å². The Morgan fingerprint density at radius 2 is 1.27 bits per heavy atom. The van der Waals surface area contributed by atoms with Gasteiger partial charge >= 0.3 is 0 Å². The number of rotatable bonds is 4. The molecule has 0 spiro atoms. The van der Waals surface area contributed by atoms with E-state index in [1.807, 2.05) is 0 Å². The fraction of sp³-hybridized carbons (Fsp3) is 0.812. The summed E-state index contributed by atoms with van der Waals surface area (Å²) >= 11 is 0. The van der Waals surface area contributed by atoms with Crippen LogP contribution in [0, 0.1) is 46.8 Å². The summed E-state index contributed by atoms with van der Waals surface area (Å²) in [5.74, 6) is 7.91. The molecule has 9 aliphatic carbocycles. The number of nitrogens with one attached hydrogen (secondary N) is 1. The first-order valence-electron chi connectivity index (χ1n) is 15.0. The van der Waals surface area contributed by atoms with Crippen LogP contribution in [0.15, 0.2) is 30.3 Å². The van der Waals surface area contributed by atoms with Crippen LogP contribution < -0.4 is 5.32 Å².